The lowest BCUT2D eigenvalue weighted by molar-refractivity contribution is -0.122. The van der Waals surface area contributed by atoms with Crippen LogP contribution in [0.1, 0.15) is 12.0 Å². The van der Waals surface area contributed by atoms with Crippen LogP contribution in [-0.2, 0) is 26.0 Å². The first-order valence-corrected chi connectivity index (χ1v) is 13.4. The third-order valence-corrected chi connectivity index (χ3v) is 8.42. The van der Waals surface area contributed by atoms with Crippen molar-refractivity contribution in [3.63, 3.8) is 0 Å². The molecule has 4 rings (SSSR count). The Balaban J connectivity index is 1.68. The van der Waals surface area contributed by atoms with E-state index in [9.17, 15) is 18.0 Å². The van der Waals surface area contributed by atoms with Gasteiger partial charge in [-0.2, -0.15) is 4.31 Å². The van der Waals surface area contributed by atoms with Crippen molar-refractivity contribution >= 4 is 43.5 Å². The quantitative estimate of drug-likeness (QED) is 0.359. The number of carbonyl (C=O) groups excluding carboxylic acids is 2. The molecule has 1 aliphatic heterocycles. The summed E-state index contributed by atoms with van der Waals surface area (Å²) in [5.74, 6) is 0.0403. The summed E-state index contributed by atoms with van der Waals surface area (Å²) < 4.78 is 40.0. The molecule has 0 radical (unpaired) electrons. The lowest BCUT2D eigenvalue weighted by Gasteiger charge is -2.27. The molecule has 8 nitrogen and oxygen atoms in total. The molecule has 1 saturated heterocycles. The lowest BCUT2D eigenvalue weighted by Crippen LogP contribution is -2.46. The highest BCUT2D eigenvalue weighted by Crippen LogP contribution is 2.31. The van der Waals surface area contributed by atoms with Crippen molar-refractivity contribution in [3.8, 4) is 11.5 Å². The molecule has 188 valence electrons. The number of methoxy groups -OCH3 is 2. The standard InChI is InChI=1S/C26H25BrN2O6S/c1-34-23-13-8-18(16-24(23)35-2)14-15-28(36(32,33)21-6-4-3-5-7-21)22-17-25(30)29(26(22)31)20-11-9-19(27)10-12-20/h3-13,16,22H,14-15,17H2,1-2H3. The first-order valence-electron chi connectivity index (χ1n) is 11.2. The Morgan fingerprint density at radius 1 is 0.944 bits per heavy atom. The smallest absolute Gasteiger partial charge is 0.252 e. The Morgan fingerprint density at radius 3 is 2.25 bits per heavy atom. The van der Waals surface area contributed by atoms with E-state index in [4.69, 9.17) is 9.47 Å². The SMILES string of the molecule is COc1ccc(CCN(C2CC(=O)N(c3ccc(Br)cc3)C2=O)S(=O)(=O)c2ccccc2)cc1OC. The molecule has 1 atom stereocenters. The van der Waals surface area contributed by atoms with Gasteiger partial charge in [-0.15, -0.1) is 0 Å². The summed E-state index contributed by atoms with van der Waals surface area (Å²) in [6.45, 7) is -0.00935. The van der Waals surface area contributed by atoms with Gasteiger partial charge in [0.1, 0.15) is 6.04 Å². The van der Waals surface area contributed by atoms with Crippen LogP contribution in [0.3, 0.4) is 0 Å². The summed E-state index contributed by atoms with van der Waals surface area (Å²) >= 11 is 3.34. The fraction of sp³-hybridized carbons (Fsp3) is 0.231. The van der Waals surface area contributed by atoms with Gasteiger partial charge in [0.15, 0.2) is 11.5 Å². The summed E-state index contributed by atoms with van der Waals surface area (Å²) in [6.07, 6.45) is 0.0512. The Bertz CT molecular complexity index is 1360. The van der Waals surface area contributed by atoms with Crippen molar-refractivity contribution in [3.05, 3.63) is 82.8 Å². The van der Waals surface area contributed by atoms with E-state index in [0.29, 0.717) is 23.6 Å². The fourth-order valence-electron chi connectivity index (χ4n) is 4.15. The van der Waals surface area contributed by atoms with Crippen LogP contribution in [0.2, 0.25) is 0 Å². The first kappa shape index (κ1) is 25.9. The van der Waals surface area contributed by atoms with Gasteiger partial charge < -0.3 is 9.47 Å². The summed E-state index contributed by atoms with van der Waals surface area (Å²) in [5, 5.41) is 0. The van der Waals surface area contributed by atoms with Gasteiger partial charge in [0.05, 0.1) is 31.2 Å². The third kappa shape index (κ3) is 5.16. The predicted molar refractivity (Wildman–Crippen MR) is 139 cm³/mol. The topological polar surface area (TPSA) is 93.2 Å². The van der Waals surface area contributed by atoms with Gasteiger partial charge in [0, 0.05) is 11.0 Å². The normalized spacial score (nSPS) is 16.0. The molecule has 1 heterocycles. The van der Waals surface area contributed by atoms with Gasteiger partial charge in [-0.1, -0.05) is 40.2 Å². The van der Waals surface area contributed by atoms with Crippen molar-refractivity contribution in [1.29, 1.82) is 0 Å². The fourth-order valence-corrected chi connectivity index (χ4v) is 6.02. The van der Waals surface area contributed by atoms with Gasteiger partial charge in [-0.25, -0.2) is 13.3 Å². The zero-order valence-electron chi connectivity index (χ0n) is 19.8. The minimum absolute atomic E-state index is 0.00935. The lowest BCUT2D eigenvalue weighted by atomic mass is 10.1. The highest BCUT2D eigenvalue weighted by Gasteiger charge is 2.46. The van der Waals surface area contributed by atoms with Crippen molar-refractivity contribution < 1.29 is 27.5 Å². The molecule has 2 amide bonds. The number of nitrogens with zero attached hydrogens (tertiary/aromatic N) is 2. The highest BCUT2D eigenvalue weighted by atomic mass is 79.9. The van der Waals surface area contributed by atoms with E-state index in [2.05, 4.69) is 15.9 Å². The molecule has 1 unspecified atom stereocenters. The second kappa shape index (κ2) is 10.8. The molecule has 10 heteroatoms. The number of hydrogen-bond donors (Lipinski definition) is 0. The predicted octanol–water partition coefficient (Wildman–Crippen LogP) is 4.03. The molecular weight excluding hydrogens is 548 g/mol. The number of anilines is 1. The zero-order valence-corrected chi connectivity index (χ0v) is 22.2. The van der Waals surface area contributed by atoms with Crippen LogP contribution in [0, 0.1) is 0 Å². The van der Waals surface area contributed by atoms with E-state index >= 15 is 0 Å². The molecule has 0 bridgehead atoms. The molecule has 1 fully saturated rings. The van der Waals surface area contributed by atoms with Crippen LogP contribution >= 0.6 is 15.9 Å². The highest BCUT2D eigenvalue weighted by molar-refractivity contribution is 9.10. The maximum atomic E-state index is 13.7. The van der Waals surface area contributed by atoms with Crippen molar-refractivity contribution in [1.82, 2.24) is 4.31 Å². The number of halogens is 1. The molecule has 0 aromatic heterocycles. The van der Waals surface area contributed by atoms with Crippen LogP contribution in [0.5, 0.6) is 11.5 Å². The van der Waals surface area contributed by atoms with Gasteiger partial charge in [0.25, 0.3) is 5.91 Å². The number of amides is 2. The Labute approximate surface area is 218 Å². The van der Waals surface area contributed by atoms with Gasteiger partial charge >= 0.3 is 0 Å². The molecule has 3 aromatic rings. The van der Waals surface area contributed by atoms with Crippen LogP contribution in [0.15, 0.2) is 82.2 Å². The second-order valence-electron chi connectivity index (χ2n) is 8.13. The minimum atomic E-state index is -4.08. The van der Waals surface area contributed by atoms with Crippen LogP contribution in [-0.4, -0.2) is 51.3 Å². The average Bonchev–Trinajstić information content (AvgIpc) is 3.18. The average molecular weight is 573 g/mol. The van der Waals surface area contributed by atoms with Crippen molar-refractivity contribution in [2.45, 2.75) is 23.8 Å². The van der Waals surface area contributed by atoms with Crippen molar-refractivity contribution in [2.75, 3.05) is 25.7 Å². The summed E-state index contributed by atoms with van der Waals surface area (Å²) in [4.78, 5) is 27.5. The monoisotopic (exact) mass is 572 g/mol. The molecule has 0 saturated carbocycles. The minimum Gasteiger partial charge on any atom is -0.493 e. The van der Waals surface area contributed by atoms with Gasteiger partial charge in [0.2, 0.25) is 15.9 Å². The van der Waals surface area contributed by atoms with E-state index in [0.717, 1.165) is 19.2 Å². The van der Waals surface area contributed by atoms with E-state index < -0.39 is 27.9 Å². The van der Waals surface area contributed by atoms with E-state index in [-0.39, 0.29) is 17.9 Å². The number of benzene rings is 3. The third-order valence-electron chi connectivity index (χ3n) is 5.97. The first-order chi connectivity index (χ1) is 17.3. The Kier molecular flexibility index (Phi) is 7.77. The van der Waals surface area contributed by atoms with E-state index in [1.165, 1.54) is 26.4 Å². The molecule has 0 spiro atoms. The summed E-state index contributed by atoms with van der Waals surface area (Å²) in [5.41, 5.74) is 1.19. The molecule has 36 heavy (non-hydrogen) atoms. The number of imide groups is 1. The van der Waals surface area contributed by atoms with Crippen molar-refractivity contribution in [2.24, 2.45) is 0 Å². The summed E-state index contributed by atoms with van der Waals surface area (Å²) in [6, 6.07) is 18.8. The zero-order chi connectivity index (χ0) is 25.9. The van der Waals surface area contributed by atoms with Crippen LogP contribution < -0.4 is 14.4 Å². The van der Waals surface area contributed by atoms with Gasteiger partial charge in [-0.3, -0.25) is 9.59 Å². The van der Waals surface area contributed by atoms with Crippen LogP contribution in [0.25, 0.3) is 0 Å². The number of hydrogen-bond acceptors (Lipinski definition) is 6. The Hall–Kier alpha value is -3.21. The molecule has 1 aliphatic rings. The van der Waals surface area contributed by atoms with E-state index in [1.54, 1.807) is 54.6 Å². The molecule has 3 aromatic carbocycles. The number of rotatable bonds is 9. The van der Waals surface area contributed by atoms with Crippen LogP contribution in [0.4, 0.5) is 5.69 Å². The largest absolute Gasteiger partial charge is 0.493 e. The maximum Gasteiger partial charge on any atom is 0.252 e. The number of sulfonamides is 1. The second-order valence-corrected chi connectivity index (χ2v) is 10.9. The van der Waals surface area contributed by atoms with E-state index in [1.807, 2.05) is 6.07 Å². The molecule has 0 N–H and O–H groups in total. The number of ether oxygens (including phenoxy) is 2. The number of carbonyl (C=O) groups is 2. The molecule has 0 aliphatic carbocycles. The van der Waals surface area contributed by atoms with Gasteiger partial charge in [-0.05, 0) is 60.5 Å². The molecular formula is C26H25BrN2O6S. The Morgan fingerprint density at radius 2 is 1.61 bits per heavy atom. The summed E-state index contributed by atoms with van der Waals surface area (Å²) in [7, 11) is -1.03. The maximum absolute atomic E-state index is 13.7.